The number of rotatable bonds is 9. The molecule has 3 heterocycles. The number of esters is 1. The van der Waals surface area contributed by atoms with Crippen LogP contribution in [0.4, 0.5) is 11.8 Å². The predicted molar refractivity (Wildman–Crippen MR) is 110 cm³/mol. The molecule has 3 rings (SSSR count). The molecule has 4 N–H and O–H groups in total. The number of nitrogens with one attached hydrogen (secondary N) is 2. The quantitative estimate of drug-likeness (QED) is 0.307. The number of ether oxygens (including phenoxy) is 2. The van der Waals surface area contributed by atoms with E-state index < -0.39 is 0 Å². The second kappa shape index (κ2) is 9.62. The highest BCUT2D eigenvalue weighted by Gasteiger charge is 2.35. The van der Waals surface area contributed by atoms with Gasteiger partial charge in [-0.05, 0) is 20.3 Å². The smallest absolute Gasteiger partial charge is 0.320 e. The van der Waals surface area contributed by atoms with Crippen LogP contribution in [-0.4, -0.2) is 57.9 Å². The number of fused-ring (bicyclic) bond motifs is 1. The zero-order valence-electron chi connectivity index (χ0n) is 17.0. The summed E-state index contributed by atoms with van der Waals surface area (Å²) in [5, 5.41) is 5.92. The summed E-state index contributed by atoms with van der Waals surface area (Å²) in [7, 11) is 1.75. The molecule has 29 heavy (non-hydrogen) atoms. The Bertz CT molecular complexity index is 847. The number of hydrogen-bond acceptors (Lipinski definition) is 10. The first-order valence-electron chi connectivity index (χ1n) is 9.51. The van der Waals surface area contributed by atoms with Gasteiger partial charge < -0.3 is 25.0 Å². The molecule has 4 unspecified atom stereocenters. The zero-order chi connectivity index (χ0) is 21.0. The molecule has 1 aliphatic heterocycles. The third-order valence-electron chi connectivity index (χ3n) is 4.42. The van der Waals surface area contributed by atoms with Crippen molar-refractivity contribution in [1.82, 2.24) is 24.6 Å². The van der Waals surface area contributed by atoms with E-state index in [1.807, 2.05) is 18.4 Å². The van der Waals surface area contributed by atoms with Crippen molar-refractivity contribution in [1.29, 1.82) is 0 Å². The van der Waals surface area contributed by atoms with Gasteiger partial charge in [0.25, 0.3) is 0 Å². The third-order valence-corrected chi connectivity index (χ3v) is 5.05. The van der Waals surface area contributed by atoms with Crippen molar-refractivity contribution in [2.24, 2.45) is 5.92 Å². The molecule has 1 aliphatic rings. The summed E-state index contributed by atoms with van der Waals surface area (Å²) in [6.07, 6.45) is 2.14. The highest BCUT2D eigenvalue weighted by molar-refractivity contribution is 7.29. The van der Waals surface area contributed by atoms with Gasteiger partial charge in [0, 0.05) is 13.0 Å². The van der Waals surface area contributed by atoms with Gasteiger partial charge in [0.1, 0.15) is 6.23 Å². The molecule has 0 bridgehead atoms. The van der Waals surface area contributed by atoms with Crippen molar-refractivity contribution in [2.75, 3.05) is 31.2 Å². The minimum absolute atomic E-state index is 0.00926. The molecule has 2 aromatic rings. The molecule has 0 spiro atoms. The van der Waals surface area contributed by atoms with Gasteiger partial charge in [0.05, 0.1) is 40.6 Å². The fourth-order valence-electron chi connectivity index (χ4n) is 3.26. The third kappa shape index (κ3) is 5.30. The van der Waals surface area contributed by atoms with Crippen LogP contribution in [0.3, 0.4) is 0 Å². The molecule has 0 radical (unpaired) electrons. The van der Waals surface area contributed by atoms with Gasteiger partial charge in [-0.1, -0.05) is 6.92 Å². The Morgan fingerprint density at radius 1 is 1.48 bits per heavy atom. The fourth-order valence-corrected chi connectivity index (χ4v) is 3.85. The van der Waals surface area contributed by atoms with E-state index in [0.29, 0.717) is 23.6 Å². The fraction of sp³-hybridized carbons (Fsp3) is 0.647. The monoisotopic (exact) mass is 425 g/mol. The van der Waals surface area contributed by atoms with Crippen LogP contribution in [0.25, 0.3) is 11.2 Å². The number of nitrogens with two attached hydrogens (primary N) is 1. The van der Waals surface area contributed by atoms with Gasteiger partial charge in [-0.15, -0.1) is 0 Å². The van der Waals surface area contributed by atoms with E-state index in [2.05, 4.69) is 32.3 Å². The summed E-state index contributed by atoms with van der Waals surface area (Å²) in [6, 6.07) is 0. The van der Waals surface area contributed by atoms with Gasteiger partial charge in [-0.25, -0.2) is 4.98 Å². The first-order valence-corrected chi connectivity index (χ1v) is 10.4. The molecule has 160 valence electrons. The second-order valence-electron chi connectivity index (χ2n) is 7.17. The lowest BCUT2D eigenvalue weighted by Crippen LogP contribution is -2.22. The van der Waals surface area contributed by atoms with E-state index in [-0.39, 0.29) is 51.8 Å². The van der Waals surface area contributed by atoms with Crippen molar-refractivity contribution in [3.8, 4) is 0 Å². The van der Waals surface area contributed by atoms with Crippen molar-refractivity contribution < 1.29 is 18.8 Å². The standard InChI is InChI=1S/C17H28N7O4P/c1-9(2)27-12(25)6-21-29-26-7-11-5-10(3)16(28-11)24-8-20-13-14(19-4)22-17(18)23-15(13)24/h8-11,16,21,29H,5-7H2,1-4H3,(H3,18,19,22,23). The lowest BCUT2D eigenvalue weighted by Gasteiger charge is -2.18. The maximum atomic E-state index is 11.5. The average molecular weight is 425 g/mol. The van der Waals surface area contributed by atoms with Crippen LogP contribution in [0, 0.1) is 5.92 Å². The van der Waals surface area contributed by atoms with E-state index in [4.69, 9.17) is 19.7 Å². The lowest BCUT2D eigenvalue weighted by atomic mass is 10.1. The van der Waals surface area contributed by atoms with E-state index in [9.17, 15) is 4.79 Å². The van der Waals surface area contributed by atoms with Crippen LogP contribution in [0.5, 0.6) is 0 Å². The highest BCUT2D eigenvalue weighted by atomic mass is 31.1. The number of carbonyl (C=O) groups is 1. The molecular formula is C17H28N7O4P. The van der Waals surface area contributed by atoms with Gasteiger partial charge in [0.2, 0.25) is 5.95 Å². The van der Waals surface area contributed by atoms with E-state index in [0.717, 1.165) is 6.42 Å². The molecule has 0 aromatic carbocycles. The average Bonchev–Trinajstić information content (AvgIpc) is 3.23. The molecule has 0 aliphatic carbocycles. The van der Waals surface area contributed by atoms with Crippen molar-refractivity contribution in [3.05, 3.63) is 6.33 Å². The summed E-state index contributed by atoms with van der Waals surface area (Å²) in [4.78, 5) is 24.4. The number of nitrogen functional groups attached to an aromatic ring is 1. The minimum atomic E-state index is -0.295. The first-order chi connectivity index (χ1) is 13.9. The Morgan fingerprint density at radius 2 is 2.28 bits per heavy atom. The number of imidazole rings is 1. The summed E-state index contributed by atoms with van der Waals surface area (Å²) < 4.78 is 18.8. The first kappa shape index (κ1) is 21.6. The predicted octanol–water partition coefficient (Wildman–Crippen LogP) is 1.44. The lowest BCUT2D eigenvalue weighted by molar-refractivity contribution is -0.145. The summed E-state index contributed by atoms with van der Waals surface area (Å²) in [5.74, 6) is 0.709. The van der Waals surface area contributed by atoms with Crippen molar-refractivity contribution in [3.63, 3.8) is 0 Å². The number of carbonyl (C=O) groups excluding carboxylic acids is 1. The minimum Gasteiger partial charge on any atom is -0.462 e. The number of anilines is 2. The number of aromatic nitrogens is 4. The molecule has 2 aromatic heterocycles. The Balaban J connectivity index is 1.53. The maximum Gasteiger partial charge on any atom is 0.320 e. The molecule has 0 amide bonds. The van der Waals surface area contributed by atoms with Gasteiger partial charge >= 0.3 is 5.97 Å². The van der Waals surface area contributed by atoms with Crippen LogP contribution in [0.15, 0.2) is 6.33 Å². The van der Waals surface area contributed by atoms with Crippen molar-refractivity contribution >= 4 is 37.9 Å². The zero-order valence-corrected chi connectivity index (χ0v) is 18.0. The summed E-state index contributed by atoms with van der Waals surface area (Å²) in [6.45, 7) is 6.29. The molecule has 1 saturated heterocycles. The number of nitrogens with zero attached hydrogens (tertiary/aromatic N) is 4. The number of hydrogen-bond donors (Lipinski definition) is 3. The molecule has 0 saturated carbocycles. The van der Waals surface area contributed by atoms with Crippen LogP contribution in [0.1, 0.15) is 33.4 Å². The van der Waals surface area contributed by atoms with Crippen LogP contribution >= 0.6 is 8.96 Å². The molecule has 12 heteroatoms. The molecule has 1 fully saturated rings. The van der Waals surface area contributed by atoms with Crippen molar-refractivity contribution in [2.45, 2.75) is 45.6 Å². The Labute approximate surface area is 171 Å². The van der Waals surface area contributed by atoms with Crippen LogP contribution in [-0.2, 0) is 18.8 Å². The van der Waals surface area contributed by atoms with E-state index in [1.165, 1.54) is 0 Å². The van der Waals surface area contributed by atoms with Crippen LogP contribution < -0.4 is 16.1 Å². The Kier molecular flexibility index (Phi) is 7.18. The summed E-state index contributed by atoms with van der Waals surface area (Å²) >= 11 is 0. The Morgan fingerprint density at radius 3 is 3.00 bits per heavy atom. The largest absolute Gasteiger partial charge is 0.462 e. The topological polar surface area (TPSA) is 138 Å². The highest BCUT2D eigenvalue weighted by Crippen LogP contribution is 2.36. The Hall–Kier alpha value is -2.07. The molecular weight excluding hydrogens is 397 g/mol. The van der Waals surface area contributed by atoms with Crippen LogP contribution in [0.2, 0.25) is 0 Å². The van der Waals surface area contributed by atoms with Gasteiger partial charge in [0.15, 0.2) is 17.0 Å². The van der Waals surface area contributed by atoms with Gasteiger partial charge in [-0.2, -0.15) is 9.97 Å². The SMILES string of the molecule is CNc1nc(N)nc2c1ncn2C1OC(COPNCC(=O)OC(C)C)CC1C. The molecule has 11 nitrogen and oxygen atoms in total. The molecule has 4 atom stereocenters. The second-order valence-corrected chi connectivity index (χ2v) is 8.02. The van der Waals surface area contributed by atoms with E-state index in [1.54, 1.807) is 13.4 Å². The normalized spacial score (nSPS) is 22.2. The van der Waals surface area contributed by atoms with E-state index >= 15 is 0 Å². The summed E-state index contributed by atoms with van der Waals surface area (Å²) in [5.41, 5.74) is 7.11. The van der Waals surface area contributed by atoms with Gasteiger partial charge in [-0.3, -0.25) is 14.4 Å². The maximum absolute atomic E-state index is 11.5.